The number of aliphatic hydroxyl groups excluding tert-OH is 1. The van der Waals surface area contributed by atoms with E-state index < -0.39 is 0 Å². The van der Waals surface area contributed by atoms with Crippen molar-refractivity contribution in [2.75, 3.05) is 6.61 Å². The van der Waals surface area contributed by atoms with Crippen LogP contribution in [0, 0.1) is 0 Å². The molecule has 0 aliphatic heterocycles. The molecule has 0 aromatic heterocycles. The van der Waals surface area contributed by atoms with Gasteiger partial charge >= 0.3 is 0 Å². The van der Waals surface area contributed by atoms with Crippen molar-refractivity contribution in [1.82, 2.24) is 5.32 Å². The molecule has 0 bridgehead atoms. The van der Waals surface area contributed by atoms with E-state index in [1.165, 1.54) is 5.56 Å². The molecule has 1 aromatic carbocycles. The number of aliphatic hydroxyl groups is 1. The van der Waals surface area contributed by atoms with Crippen LogP contribution in [-0.4, -0.2) is 23.7 Å². The van der Waals surface area contributed by atoms with Gasteiger partial charge in [0.15, 0.2) is 0 Å². The van der Waals surface area contributed by atoms with Crippen molar-refractivity contribution in [3.8, 4) is 0 Å². The zero-order valence-electron chi connectivity index (χ0n) is 11.4. The van der Waals surface area contributed by atoms with Crippen LogP contribution in [0.3, 0.4) is 0 Å². The van der Waals surface area contributed by atoms with E-state index in [0.717, 1.165) is 23.7 Å². The fraction of sp³-hybridized carbons (Fsp3) is 0.533. The minimum Gasteiger partial charge on any atom is -0.396 e. The highest BCUT2D eigenvalue weighted by Crippen LogP contribution is 2.17. The lowest BCUT2D eigenvalue weighted by molar-refractivity contribution is -0.122. The van der Waals surface area contributed by atoms with E-state index >= 15 is 0 Å². The molecule has 0 saturated carbocycles. The van der Waals surface area contributed by atoms with E-state index in [2.05, 4.69) is 27.3 Å². The van der Waals surface area contributed by atoms with Crippen molar-refractivity contribution < 1.29 is 9.90 Å². The van der Waals surface area contributed by atoms with Crippen LogP contribution >= 0.6 is 15.9 Å². The molecule has 0 fully saturated rings. The average molecular weight is 328 g/mol. The van der Waals surface area contributed by atoms with E-state index in [1.807, 2.05) is 25.1 Å². The van der Waals surface area contributed by atoms with Gasteiger partial charge in [0.1, 0.15) is 0 Å². The van der Waals surface area contributed by atoms with E-state index in [-0.39, 0.29) is 18.6 Å². The van der Waals surface area contributed by atoms with E-state index in [1.54, 1.807) is 0 Å². The van der Waals surface area contributed by atoms with Gasteiger partial charge in [-0.05, 0) is 37.3 Å². The van der Waals surface area contributed by atoms with Crippen LogP contribution in [0.25, 0.3) is 0 Å². The number of halogens is 1. The summed E-state index contributed by atoms with van der Waals surface area (Å²) in [7, 11) is 0. The standard InChI is InChI=1S/C15H22BrNO2/c1-2-13(10-11-18)17-15(19)9-5-7-12-6-3-4-8-14(12)16/h3-4,6,8,13,18H,2,5,7,9-11H2,1H3,(H,17,19). The number of hydrogen-bond acceptors (Lipinski definition) is 2. The number of benzene rings is 1. The minimum absolute atomic E-state index is 0.0763. The molecule has 0 heterocycles. The fourth-order valence-corrected chi connectivity index (χ4v) is 2.46. The van der Waals surface area contributed by atoms with Gasteiger partial charge in [-0.15, -0.1) is 0 Å². The first-order valence-electron chi connectivity index (χ1n) is 6.81. The second-order valence-electron chi connectivity index (χ2n) is 4.63. The van der Waals surface area contributed by atoms with Gasteiger partial charge in [0, 0.05) is 23.5 Å². The van der Waals surface area contributed by atoms with Crippen LogP contribution in [0.15, 0.2) is 28.7 Å². The van der Waals surface area contributed by atoms with Gasteiger partial charge in [0.05, 0.1) is 0 Å². The minimum atomic E-state index is 0.0763. The molecule has 0 radical (unpaired) electrons. The molecule has 106 valence electrons. The van der Waals surface area contributed by atoms with Crippen molar-refractivity contribution in [2.24, 2.45) is 0 Å². The first kappa shape index (κ1) is 16.2. The zero-order chi connectivity index (χ0) is 14.1. The molecule has 3 nitrogen and oxygen atoms in total. The Morgan fingerprint density at radius 2 is 2.16 bits per heavy atom. The average Bonchev–Trinajstić information content (AvgIpc) is 2.40. The molecule has 2 N–H and O–H groups in total. The third-order valence-corrected chi connectivity index (χ3v) is 3.92. The van der Waals surface area contributed by atoms with Gasteiger partial charge in [0.25, 0.3) is 0 Å². The van der Waals surface area contributed by atoms with Gasteiger partial charge in [-0.25, -0.2) is 0 Å². The molecule has 0 aliphatic rings. The predicted molar refractivity (Wildman–Crippen MR) is 81.0 cm³/mol. The maximum atomic E-state index is 11.8. The van der Waals surface area contributed by atoms with Crippen molar-refractivity contribution in [1.29, 1.82) is 0 Å². The SMILES string of the molecule is CCC(CCO)NC(=O)CCCc1ccccc1Br. The molecular weight excluding hydrogens is 306 g/mol. The smallest absolute Gasteiger partial charge is 0.220 e. The van der Waals surface area contributed by atoms with Crippen LogP contribution in [0.2, 0.25) is 0 Å². The third-order valence-electron chi connectivity index (χ3n) is 3.14. The Morgan fingerprint density at radius 3 is 2.79 bits per heavy atom. The largest absolute Gasteiger partial charge is 0.396 e. The molecule has 0 spiro atoms. The van der Waals surface area contributed by atoms with Gasteiger partial charge in [-0.3, -0.25) is 4.79 Å². The summed E-state index contributed by atoms with van der Waals surface area (Å²) in [4.78, 5) is 11.8. The Labute approximate surface area is 123 Å². The number of carbonyl (C=O) groups excluding carboxylic acids is 1. The van der Waals surface area contributed by atoms with Gasteiger partial charge in [-0.1, -0.05) is 41.1 Å². The van der Waals surface area contributed by atoms with Crippen LogP contribution in [-0.2, 0) is 11.2 Å². The fourth-order valence-electron chi connectivity index (χ4n) is 1.97. The molecule has 1 aromatic rings. The molecular formula is C15H22BrNO2. The zero-order valence-corrected chi connectivity index (χ0v) is 12.9. The summed E-state index contributed by atoms with van der Waals surface area (Å²) in [6, 6.07) is 8.18. The first-order valence-corrected chi connectivity index (χ1v) is 7.60. The number of hydrogen-bond donors (Lipinski definition) is 2. The van der Waals surface area contributed by atoms with E-state index in [4.69, 9.17) is 5.11 Å². The number of nitrogens with one attached hydrogen (secondary N) is 1. The Balaban J connectivity index is 2.29. The van der Waals surface area contributed by atoms with Crippen LogP contribution in [0.1, 0.15) is 38.2 Å². The lowest BCUT2D eigenvalue weighted by Gasteiger charge is -2.15. The normalized spacial score (nSPS) is 12.2. The summed E-state index contributed by atoms with van der Waals surface area (Å²) in [5.74, 6) is 0.0763. The highest BCUT2D eigenvalue weighted by atomic mass is 79.9. The topological polar surface area (TPSA) is 49.3 Å². The van der Waals surface area contributed by atoms with Crippen molar-refractivity contribution in [2.45, 2.75) is 45.1 Å². The summed E-state index contributed by atoms with van der Waals surface area (Å²) >= 11 is 3.51. The monoisotopic (exact) mass is 327 g/mol. The third kappa shape index (κ3) is 6.21. The van der Waals surface area contributed by atoms with Crippen LogP contribution in [0.4, 0.5) is 0 Å². The van der Waals surface area contributed by atoms with Crippen molar-refractivity contribution >= 4 is 21.8 Å². The second kappa shape index (κ2) is 9.10. The molecule has 1 amide bonds. The highest BCUT2D eigenvalue weighted by molar-refractivity contribution is 9.10. The molecule has 1 unspecified atom stereocenters. The van der Waals surface area contributed by atoms with E-state index in [0.29, 0.717) is 12.8 Å². The van der Waals surface area contributed by atoms with E-state index in [9.17, 15) is 4.79 Å². The summed E-state index contributed by atoms with van der Waals surface area (Å²) in [5, 5.41) is 11.8. The quantitative estimate of drug-likeness (QED) is 0.771. The van der Waals surface area contributed by atoms with Crippen LogP contribution in [0.5, 0.6) is 0 Å². The first-order chi connectivity index (χ1) is 9.17. The number of rotatable bonds is 8. The lowest BCUT2D eigenvalue weighted by Crippen LogP contribution is -2.34. The summed E-state index contributed by atoms with van der Waals surface area (Å²) in [5.41, 5.74) is 1.23. The number of carbonyl (C=O) groups is 1. The molecule has 1 atom stereocenters. The molecule has 0 aliphatic carbocycles. The van der Waals surface area contributed by atoms with Gasteiger partial charge < -0.3 is 10.4 Å². The summed E-state index contributed by atoms with van der Waals surface area (Å²) in [6.07, 6.45) is 3.75. The van der Waals surface area contributed by atoms with Gasteiger partial charge in [-0.2, -0.15) is 0 Å². The Hall–Kier alpha value is -0.870. The van der Waals surface area contributed by atoms with Crippen LogP contribution < -0.4 is 5.32 Å². The lowest BCUT2D eigenvalue weighted by atomic mass is 10.1. The molecule has 4 heteroatoms. The Bertz CT molecular complexity index is 395. The highest BCUT2D eigenvalue weighted by Gasteiger charge is 2.09. The maximum Gasteiger partial charge on any atom is 0.220 e. The summed E-state index contributed by atoms with van der Waals surface area (Å²) < 4.78 is 1.10. The second-order valence-corrected chi connectivity index (χ2v) is 5.48. The Kier molecular flexibility index (Phi) is 7.75. The summed E-state index contributed by atoms with van der Waals surface area (Å²) in [6.45, 7) is 2.14. The molecule has 0 saturated heterocycles. The molecule has 1 rings (SSSR count). The predicted octanol–water partition coefficient (Wildman–Crippen LogP) is 3.05. The van der Waals surface area contributed by atoms with Crippen molar-refractivity contribution in [3.63, 3.8) is 0 Å². The Morgan fingerprint density at radius 1 is 1.42 bits per heavy atom. The maximum absolute atomic E-state index is 11.8. The number of amides is 1. The van der Waals surface area contributed by atoms with Gasteiger partial charge in [0.2, 0.25) is 5.91 Å². The van der Waals surface area contributed by atoms with Crippen molar-refractivity contribution in [3.05, 3.63) is 34.3 Å². The number of aryl methyl sites for hydroxylation is 1. The molecule has 19 heavy (non-hydrogen) atoms.